The molecule has 5 aromatic rings. The molecule has 3 N–H and O–H groups in total. The highest BCUT2D eigenvalue weighted by Gasteiger charge is 2.43. The summed E-state index contributed by atoms with van der Waals surface area (Å²) in [5, 5.41) is 21.4. The second-order valence-electron chi connectivity index (χ2n) is 9.51. The van der Waals surface area contributed by atoms with Crippen LogP contribution in [0, 0.1) is 24.5 Å². The van der Waals surface area contributed by atoms with Crippen LogP contribution in [0.15, 0.2) is 53.8 Å². The van der Waals surface area contributed by atoms with Gasteiger partial charge in [-0.2, -0.15) is 10.1 Å². The maximum absolute atomic E-state index is 14.0. The normalized spacial score (nSPS) is 15.0. The molecular weight excluding hydrogens is 494 g/mol. The van der Waals surface area contributed by atoms with Crippen molar-refractivity contribution in [1.29, 1.82) is 0 Å². The maximum Gasteiger partial charge on any atom is 0.262 e. The summed E-state index contributed by atoms with van der Waals surface area (Å²) in [6.07, 6.45) is 7.43. The van der Waals surface area contributed by atoms with Gasteiger partial charge in [-0.1, -0.05) is 0 Å². The van der Waals surface area contributed by atoms with E-state index in [-0.39, 0.29) is 23.2 Å². The molecule has 1 fully saturated rings. The summed E-state index contributed by atoms with van der Waals surface area (Å²) >= 11 is 0. The van der Waals surface area contributed by atoms with Crippen molar-refractivity contribution in [2.75, 3.05) is 5.32 Å². The van der Waals surface area contributed by atoms with Crippen LogP contribution in [-0.4, -0.2) is 39.8 Å². The largest absolute Gasteiger partial charge is 0.385 e. The molecule has 0 saturated heterocycles. The van der Waals surface area contributed by atoms with Gasteiger partial charge in [-0.3, -0.25) is 14.5 Å². The van der Waals surface area contributed by atoms with Gasteiger partial charge in [0.15, 0.2) is 17.3 Å². The number of rotatable bonds is 6. The molecule has 0 aromatic carbocycles. The van der Waals surface area contributed by atoms with Gasteiger partial charge in [0.2, 0.25) is 5.95 Å². The van der Waals surface area contributed by atoms with Gasteiger partial charge in [0.25, 0.3) is 5.56 Å². The van der Waals surface area contributed by atoms with Gasteiger partial charge in [0, 0.05) is 35.8 Å². The van der Waals surface area contributed by atoms with Crippen molar-refractivity contribution < 1.29 is 13.9 Å². The lowest BCUT2D eigenvalue weighted by Crippen LogP contribution is -2.34. The predicted molar refractivity (Wildman–Crippen MR) is 135 cm³/mol. The minimum atomic E-state index is -1.21. The number of anilines is 2. The third-order valence-electron chi connectivity index (χ3n) is 6.82. The average Bonchev–Trinajstić information content (AvgIpc) is 3.68. The first-order valence-electron chi connectivity index (χ1n) is 11.9. The fourth-order valence-electron chi connectivity index (χ4n) is 4.52. The zero-order valence-corrected chi connectivity index (χ0v) is 20.4. The number of hydrogen-bond acceptors (Lipinski definition) is 8. The number of hydrogen-bond donors (Lipinski definition) is 3. The Morgan fingerprint density at radius 3 is 2.74 bits per heavy atom. The molecule has 5 heterocycles. The van der Waals surface area contributed by atoms with Crippen LogP contribution in [0.2, 0.25) is 0 Å². The van der Waals surface area contributed by atoms with Crippen molar-refractivity contribution in [3.8, 4) is 17.1 Å². The zero-order chi connectivity index (χ0) is 26.6. The topological polar surface area (TPSA) is 134 Å². The summed E-state index contributed by atoms with van der Waals surface area (Å²) in [6, 6.07) is 5.84. The predicted octanol–water partition coefficient (Wildman–Crippen LogP) is 3.91. The van der Waals surface area contributed by atoms with Crippen molar-refractivity contribution in [3.05, 3.63) is 82.2 Å². The molecule has 10 nitrogen and oxygen atoms in total. The van der Waals surface area contributed by atoms with E-state index >= 15 is 0 Å². The second-order valence-corrected chi connectivity index (χ2v) is 9.51. The van der Waals surface area contributed by atoms with E-state index in [9.17, 15) is 18.7 Å². The first-order valence-corrected chi connectivity index (χ1v) is 11.9. The molecule has 1 unspecified atom stereocenters. The minimum absolute atomic E-state index is 0.0341. The quantitative estimate of drug-likeness (QED) is 0.309. The van der Waals surface area contributed by atoms with E-state index in [1.165, 1.54) is 10.8 Å². The molecule has 1 atom stereocenters. The molecule has 0 aliphatic heterocycles. The van der Waals surface area contributed by atoms with Crippen molar-refractivity contribution >= 4 is 22.8 Å². The Kier molecular flexibility index (Phi) is 5.49. The second kappa shape index (κ2) is 8.77. The number of halogens is 2. The number of nitrogens with one attached hydrogen (secondary N) is 2. The molecular formula is C26H22F2N8O2. The third kappa shape index (κ3) is 4.08. The van der Waals surface area contributed by atoms with Gasteiger partial charge in [-0.05, 0) is 56.4 Å². The summed E-state index contributed by atoms with van der Waals surface area (Å²) in [5.74, 6) is -1.41. The fraction of sp³-hybridized carbons (Fsp3) is 0.231. The van der Waals surface area contributed by atoms with E-state index in [1.807, 2.05) is 6.92 Å². The highest BCUT2D eigenvalue weighted by molar-refractivity contribution is 5.91. The Balaban J connectivity index is 1.37. The van der Waals surface area contributed by atoms with Crippen molar-refractivity contribution in [3.63, 3.8) is 0 Å². The van der Waals surface area contributed by atoms with Gasteiger partial charge >= 0.3 is 0 Å². The Morgan fingerprint density at radius 2 is 1.97 bits per heavy atom. The maximum atomic E-state index is 14.0. The fourth-order valence-corrected chi connectivity index (χ4v) is 4.52. The van der Waals surface area contributed by atoms with Crippen LogP contribution < -0.4 is 10.9 Å². The number of H-pyrrole nitrogens is 1. The number of nitrogens with zero attached hydrogens (tertiary/aromatic N) is 6. The van der Waals surface area contributed by atoms with Gasteiger partial charge < -0.3 is 10.4 Å². The van der Waals surface area contributed by atoms with Crippen LogP contribution in [-0.2, 0) is 5.60 Å². The van der Waals surface area contributed by atoms with Crippen molar-refractivity contribution in [1.82, 2.24) is 34.7 Å². The number of aliphatic hydroxyl groups is 1. The molecule has 6 rings (SSSR count). The summed E-state index contributed by atoms with van der Waals surface area (Å²) in [7, 11) is 0. The highest BCUT2D eigenvalue weighted by atomic mass is 19.1. The van der Waals surface area contributed by atoms with E-state index in [2.05, 4.69) is 35.5 Å². The van der Waals surface area contributed by atoms with Crippen molar-refractivity contribution in [2.45, 2.75) is 32.3 Å². The number of fused-ring (bicyclic) bond motifs is 1. The Hall–Kier alpha value is -4.58. The Morgan fingerprint density at radius 1 is 1.16 bits per heavy atom. The van der Waals surface area contributed by atoms with Crippen LogP contribution >= 0.6 is 0 Å². The van der Waals surface area contributed by atoms with Gasteiger partial charge in [-0.25, -0.2) is 23.7 Å². The summed E-state index contributed by atoms with van der Waals surface area (Å²) in [5.41, 5.74) is 1.24. The molecule has 12 heteroatoms. The molecule has 5 aromatic heterocycles. The lowest BCUT2D eigenvalue weighted by Gasteiger charge is -2.23. The van der Waals surface area contributed by atoms with E-state index in [0.29, 0.717) is 34.2 Å². The van der Waals surface area contributed by atoms with Gasteiger partial charge in [0.1, 0.15) is 11.6 Å². The standard InChI is InChI=1S/C26H22F2N8O2/c1-13-10-29-20(36-7-3-4-18(24(36)37)26(2,38)14-5-6-14)9-16(13)21-17-12-31-25(32-22(17)35-34-21)33-23-19(28)8-15(27)11-30-23/h3-4,7-12,14,38H,5-6H2,1-2H3,(H2,30,31,32,33,34,35). The van der Waals surface area contributed by atoms with E-state index in [0.717, 1.165) is 30.2 Å². The summed E-state index contributed by atoms with van der Waals surface area (Å²) in [4.78, 5) is 30.0. The molecule has 1 aliphatic rings. The number of aromatic nitrogens is 7. The summed E-state index contributed by atoms with van der Waals surface area (Å²) < 4.78 is 28.5. The monoisotopic (exact) mass is 516 g/mol. The number of aryl methyl sites for hydroxylation is 1. The lowest BCUT2D eigenvalue weighted by molar-refractivity contribution is 0.0314. The third-order valence-corrected chi connectivity index (χ3v) is 6.82. The van der Waals surface area contributed by atoms with E-state index in [4.69, 9.17) is 0 Å². The number of aromatic amines is 1. The molecule has 192 valence electrons. The highest BCUT2D eigenvalue weighted by Crippen LogP contribution is 2.44. The first kappa shape index (κ1) is 23.8. The van der Waals surface area contributed by atoms with E-state index in [1.54, 1.807) is 37.5 Å². The summed E-state index contributed by atoms with van der Waals surface area (Å²) in [6.45, 7) is 3.55. The molecule has 1 aliphatic carbocycles. The van der Waals surface area contributed by atoms with Crippen LogP contribution in [0.4, 0.5) is 20.5 Å². The van der Waals surface area contributed by atoms with Gasteiger partial charge in [-0.15, -0.1) is 0 Å². The van der Waals surface area contributed by atoms with Gasteiger partial charge in [0.05, 0.1) is 22.9 Å². The Labute approximate surface area is 214 Å². The smallest absolute Gasteiger partial charge is 0.262 e. The zero-order valence-electron chi connectivity index (χ0n) is 20.4. The molecule has 0 radical (unpaired) electrons. The van der Waals surface area contributed by atoms with Crippen LogP contribution in [0.5, 0.6) is 0 Å². The minimum Gasteiger partial charge on any atom is -0.385 e. The van der Waals surface area contributed by atoms with Crippen LogP contribution in [0.3, 0.4) is 0 Å². The van der Waals surface area contributed by atoms with Crippen LogP contribution in [0.25, 0.3) is 28.1 Å². The molecule has 0 spiro atoms. The molecule has 0 amide bonds. The SMILES string of the molecule is Cc1cnc(-n2cccc(C(C)(O)C3CC3)c2=O)cc1-c1[nH]nc2nc(Nc3ncc(F)cc3F)ncc12. The molecule has 0 bridgehead atoms. The van der Waals surface area contributed by atoms with E-state index < -0.39 is 17.2 Å². The Bertz CT molecular complexity index is 1760. The lowest BCUT2D eigenvalue weighted by atomic mass is 9.92. The first-order chi connectivity index (χ1) is 18.2. The molecule has 1 saturated carbocycles. The number of pyridine rings is 3. The molecule has 38 heavy (non-hydrogen) atoms. The van der Waals surface area contributed by atoms with Crippen LogP contribution in [0.1, 0.15) is 30.9 Å². The average molecular weight is 517 g/mol. The van der Waals surface area contributed by atoms with Crippen molar-refractivity contribution in [2.24, 2.45) is 5.92 Å².